The van der Waals surface area contributed by atoms with Crippen LogP contribution >= 0.6 is 0 Å². The van der Waals surface area contributed by atoms with Gasteiger partial charge in [-0.15, -0.1) is 0 Å². The first kappa shape index (κ1) is 12.0. The zero-order valence-electron chi connectivity index (χ0n) is 9.15. The van der Waals surface area contributed by atoms with E-state index in [9.17, 15) is 13.6 Å². The molecule has 3 N–H and O–H groups in total. The van der Waals surface area contributed by atoms with E-state index in [1.807, 2.05) is 0 Å². The average Bonchev–Trinajstić information content (AvgIpc) is 2.33. The van der Waals surface area contributed by atoms with Crippen molar-refractivity contribution in [2.24, 2.45) is 0 Å². The van der Waals surface area contributed by atoms with Gasteiger partial charge in [-0.3, -0.25) is 4.79 Å². The molecule has 0 aliphatic carbocycles. The van der Waals surface area contributed by atoms with Crippen molar-refractivity contribution in [1.29, 1.82) is 0 Å². The highest BCUT2D eigenvalue weighted by atomic mass is 19.1. The lowest BCUT2D eigenvalue weighted by Gasteiger charge is -2.05. The van der Waals surface area contributed by atoms with Crippen LogP contribution in [0.5, 0.6) is 0 Å². The average molecular weight is 249 g/mol. The van der Waals surface area contributed by atoms with Gasteiger partial charge in [0.1, 0.15) is 17.3 Å². The Kier molecular flexibility index (Phi) is 3.18. The Morgan fingerprint density at radius 3 is 2.61 bits per heavy atom. The Morgan fingerprint density at radius 1 is 1.22 bits per heavy atom. The van der Waals surface area contributed by atoms with Gasteiger partial charge in [-0.25, -0.2) is 13.8 Å². The SMILES string of the molecule is Nc1ccc(C(=O)Nc2ccc(F)cc2F)nc1. The van der Waals surface area contributed by atoms with Crippen LogP contribution in [0.1, 0.15) is 10.5 Å². The molecule has 0 spiro atoms. The molecule has 1 aromatic carbocycles. The number of hydrogen-bond acceptors (Lipinski definition) is 3. The summed E-state index contributed by atoms with van der Waals surface area (Å²) in [6, 6.07) is 5.79. The Labute approximate surface area is 101 Å². The fourth-order valence-electron chi connectivity index (χ4n) is 1.32. The number of aromatic nitrogens is 1. The predicted molar refractivity (Wildman–Crippen MR) is 63.0 cm³/mol. The number of nitrogen functional groups attached to an aromatic ring is 1. The van der Waals surface area contributed by atoms with Crippen molar-refractivity contribution >= 4 is 17.3 Å². The Balaban J connectivity index is 2.18. The first-order valence-corrected chi connectivity index (χ1v) is 5.04. The zero-order chi connectivity index (χ0) is 13.1. The molecule has 4 nitrogen and oxygen atoms in total. The molecule has 6 heteroatoms. The van der Waals surface area contributed by atoms with Crippen LogP contribution < -0.4 is 11.1 Å². The second-order valence-electron chi connectivity index (χ2n) is 3.56. The lowest BCUT2D eigenvalue weighted by molar-refractivity contribution is 0.102. The summed E-state index contributed by atoms with van der Waals surface area (Å²) in [7, 11) is 0. The molecular formula is C12H9F2N3O. The lowest BCUT2D eigenvalue weighted by Crippen LogP contribution is -2.14. The van der Waals surface area contributed by atoms with E-state index >= 15 is 0 Å². The summed E-state index contributed by atoms with van der Waals surface area (Å²) >= 11 is 0. The molecule has 0 unspecified atom stereocenters. The van der Waals surface area contributed by atoms with E-state index in [1.165, 1.54) is 18.3 Å². The first-order valence-electron chi connectivity index (χ1n) is 5.04. The maximum Gasteiger partial charge on any atom is 0.274 e. The molecular weight excluding hydrogens is 240 g/mol. The van der Waals surface area contributed by atoms with Gasteiger partial charge >= 0.3 is 0 Å². The smallest absolute Gasteiger partial charge is 0.274 e. The molecule has 0 radical (unpaired) electrons. The number of nitrogens with zero attached hydrogens (tertiary/aromatic N) is 1. The van der Waals surface area contributed by atoms with E-state index in [4.69, 9.17) is 5.73 Å². The van der Waals surface area contributed by atoms with Crippen LogP contribution in [0.4, 0.5) is 20.2 Å². The summed E-state index contributed by atoms with van der Waals surface area (Å²) in [5, 5.41) is 2.29. The van der Waals surface area contributed by atoms with Crippen molar-refractivity contribution in [3.05, 3.63) is 53.9 Å². The topological polar surface area (TPSA) is 68.0 Å². The normalized spacial score (nSPS) is 10.1. The molecule has 1 aromatic heterocycles. The van der Waals surface area contributed by atoms with Gasteiger partial charge in [-0.05, 0) is 24.3 Å². The number of benzene rings is 1. The van der Waals surface area contributed by atoms with E-state index in [2.05, 4.69) is 10.3 Å². The molecule has 92 valence electrons. The Hall–Kier alpha value is -2.50. The molecule has 0 saturated carbocycles. The van der Waals surface area contributed by atoms with Gasteiger partial charge < -0.3 is 11.1 Å². The van der Waals surface area contributed by atoms with Crippen molar-refractivity contribution in [3.8, 4) is 0 Å². The largest absolute Gasteiger partial charge is 0.397 e. The van der Waals surface area contributed by atoms with Gasteiger partial charge in [0.15, 0.2) is 0 Å². The van der Waals surface area contributed by atoms with Gasteiger partial charge in [0.05, 0.1) is 17.6 Å². The van der Waals surface area contributed by atoms with E-state index in [0.29, 0.717) is 11.8 Å². The van der Waals surface area contributed by atoms with E-state index in [0.717, 1.165) is 12.1 Å². The molecule has 1 amide bonds. The van der Waals surface area contributed by atoms with Gasteiger partial charge in [-0.2, -0.15) is 0 Å². The number of nitrogens with one attached hydrogen (secondary N) is 1. The Bertz CT molecular complexity index is 584. The summed E-state index contributed by atoms with van der Waals surface area (Å²) in [6.45, 7) is 0. The molecule has 2 rings (SSSR count). The second kappa shape index (κ2) is 4.79. The molecule has 0 fully saturated rings. The third-order valence-corrected chi connectivity index (χ3v) is 2.20. The van der Waals surface area contributed by atoms with E-state index in [1.54, 1.807) is 0 Å². The maximum absolute atomic E-state index is 13.3. The van der Waals surface area contributed by atoms with E-state index < -0.39 is 17.5 Å². The summed E-state index contributed by atoms with van der Waals surface area (Å²) in [5.41, 5.74) is 5.82. The highest BCUT2D eigenvalue weighted by Crippen LogP contribution is 2.15. The minimum Gasteiger partial charge on any atom is -0.397 e. The second-order valence-corrected chi connectivity index (χ2v) is 3.56. The van der Waals surface area contributed by atoms with Crippen LogP contribution in [0, 0.1) is 11.6 Å². The standard InChI is InChI=1S/C12H9F2N3O/c13-7-1-3-10(9(14)5-7)17-12(18)11-4-2-8(15)6-16-11/h1-6H,15H2,(H,17,18). The predicted octanol–water partition coefficient (Wildman–Crippen LogP) is 2.19. The molecule has 0 atom stereocenters. The minimum absolute atomic E-state index is 0.0907. The van der Waals surface area contributed by atoms with Crippen LogP contribution in [0.2, 0.25) is 0 Å². The number of hydrogen-bond donors (Lipinski definition) is 2. The van der Waals surface area contributed by atoms with Crippen LogP contribution in [-0.2, 0) is 0 Å². The quantitative estimate of drug-likeness (QED) is 0.857. The monoisotopic (exact) mass is 249 g/mol. The molecule has 1 heterocycles. The number of anilines is 2. The minimum atomic E-state index is -0.848. The fourth-order valence-corrected chi connectivity index (χ4v) is 1.32. The summed E-state index contributed by atoms with van der Waals surface area (Å²) < 4.78 is 26.0. The molecule has 0 aliphatic heterocycles. The molecule has 2 aromatic rings. The molecule has 0 saturated heterocycles. The highest BCUT2D eigenvalue weighted by Gasteiger charge is 2.10. The lowest BCUT2D eigenvalue weighted by atomic mass is 10.2. The number of carbonyl (C=O) groups is 1. The van der Waals surface area contributed by atoms with Crippen molar-refractivity contribution < 1.29 is 13.6 Å². The highest BCUT2D eigenvalue weighted by molar-refractivity contribution is 6.02. The number of pyridine rings is 1. The number of halogens is 2. The van der Waals surface area contributed by atoms with Gasteiger partial charge in [0.25, 0.3) is 5.91 Å². The maximum atomic E-state index is 13.3. The van der Waals surface area contributed by atoms with Crippen molar-refractivity contribution in [1.82, 2.24) is 4.98 Å². The number of carbonyl (C=O) groups excluding carboxylic acids is 1. The Morgan fingerprint density at radius 2 is 2.00 bits per heavy atom. The number of amides is 1. The van der Waals surface area contributed by atoms with Crippen LogP contribution in [0.3, 0.4) is 0 Å². The van der Waals surface area contributed by atoms with Crippen molar-refractivity contribution in [2.45, 2.75) is 0 Å². The molecule has 18 heavy (non-hydrogen) atoms. The zero-order valence-corrected chi connectivity index (χ0v) is 9.15. The van der Waals surface area contributed by atoms with Crippen molar-refractivity contribution in [2.75, 3.05) is 11.1 Å². The van der Waals surface area contributed by atoms with Gasteiger partial charge in [0.2, 0.25) is 0 Å². The first-order chi connectivity index (χ1) is 8.56. The number of nitrogens with two attached hydrogens (primary N) is 1. The molecule has 0 bridgehead atoms. The van der Waals surface area contributed by atoms with E-state index in [-0.39, 0.29) is 11.4 Å². The third-order valence-electron chi connectivity index (χ3n) is 2.20. The summed E-state index contributed by atoms with van der Waals surface area (Å²) in [4.78, 5) is 15.5. The van der Waals surface area contributed by atoms with Crippen LogP contribution in [-0.4, -0.2) is 10.9 Å². The van der Waals surface area contributed by atoms with Gasteiger partial charge in [-0.1, -0.05) is 0 Å². The fraction of sp³-hybridized carbons (Fsp3) is 0. The van der Waals surface area contributed by atoms with Crippen LogP contribution in [0.25, 0.3) is 0 Å². The number of rotatable bonds is 2. The van der Waals surface area contributed by atoms with Crippen LogP contribution in [0.15, 0.2) is 36.5 Å². The van der Waals surface area contributed by atoms with Crippen molar-refractivity contribution in [3.63, 3.8) is 0 Å². The molecule has 0 aliphatic rings. The third kappa shape index (κ3) is 2.60. The summed E-state index contributed by atoms with van der Waals surface area (Å²) in [5.74, 6) is -2.16. The summed E-state index contributed by atoms with van der Waals surface area (Å²) in [6.07, 6.45) is 1.32. The van der Waals surface area contributed by atoms with Gasteiger partial charge in [0, 0.05) is 6.07 Å².